The van der Waals surface area contributed by atoms with Gasteiger partial charge in [-0.3, -0.25) is 0 Å². The Morgan fingerprint density at radius 1 is 1.09 bits per heavy atom. The Balaban J connectivity index is 4.40. The van der Waals surface area contributed by atoms with E-state index in [1.807, 2.05) is 0 Å². The largest absolute Gasteiger partial charge is 0.0970 e. The number of hydrogen-bond acceptors (Lipinski definition) is 1. The smallest absolute Gasteiger partial charge is 0.0173 e. The average Bonchev–Trinajstić information content (AvgIpc) is 1.87. The molecule has 0 saturated heterocycles. The van der Waals surface area contributed by atoms with Crippen molar-refractivity contribution in [3.8, 4) is 0 Å². The van der Waals surface area contributed by atoms with Crippen molar-refractivity contribution in [2.45, 2.75) is 52.4 Å². The molecule has 0 radical (unpaired) electrons. The topological polar surface area (TPSA) is 0 Å². The zero-order valence-electron chi connectivity index (χ0n) is 8.42. The van der Waals surface area contributed by atoms with Crippen LogP contribution in [0.2, 0.25) is 0 Å². The van der Waals surface area contributed by atoms with Gasteiger partial charge in [0.1, 0.15) is 0 Å². The van der Waals surface area contributed by atoms with E-state index in [-0.39, 0.29) is 0 Å². The molecule has 0 aromatic carbocycles. The minimum Gasteiger partial charge on any atom is -0.0970 e. The van der Waals surface area contributed by atoms with Gasteiger partial charge in [0, 0.05) is 0 Å². The number of rotatable bonds is 4. The maximum absolute atomic E-state index is 5.76. The first-order chi connectivity index (χ1) is 4.95. The van der Waals surface area contributed by atoms with Gasteiger partial charge in [0.2, 0.25) is 0 Å². The highest BCUT2D eigenvalue weighted by Gasteiger charge is 2.23. The maximum Gasteiger partial charge on any atom is -0.0173 e. The van der Waals surface area contributed by atoms with Crippen LogP contribution in [0.15, 0.2) is 0 Å². The molecule has 2 heteroatoms. The summed E-state index contributed by atoms with van der Waals surface area (Å²) in [7, 11) is 0. The Morgan fingerprint density at radius 2 is 1.45 bits per heavy atom. The van der Waals surface area contributed by atoms with Crippen LogP contribution in [-0.4, -0.2) is 17.5 Å². The quantitative estimate of drug-likeness (QED) is 0.612. The molecule has 11 heavy (non-hydrogen) atoms. The fourth-order valence-electron chi connectivity index (χ4n) is 1.46. The van der Waals surface area contributed by atoms with Gasteiger partial charge in [-0.1, -0.05) is 52.8 Å². The van der Waals surface area contributed by atoms with Crippen LogP contribution in [0.3, 0.4) is 0 Å². The van der Waals surface area contributed by atoms with Gasteiger partial charge < -0.3 is 0 Å². The molecule has 0 fully saturated rings. The predicted octanol–water partition coefficient (Wildman–Crippen LogP) is 3.69. The SMILES string of the molecule is CCCP(=S)(C(C)C)C(C)C. The molecule has 0 unspecified atom stereocenters. The fourth-order valence-corrected chi connectivity index (χ4v) is 4.93. The summed E-state index contributed by atoms with van der Waals surface area (Å²) in [6.07, 6.45) is 2.55. The highest BCUT2D eigenvalue weighted by Crippen LogP contribution is 2.55. The van der Waals surface area contributed by atoms with Gasteiger partial charge >= 0.3 is 0 Å². The van der Waals surface area contributed by atoms with E-state index in [1.54, 1.807) is 0 Å². The van der Waals surface area contributed by atoms with E-state index in [4.69, 9.17) is 11.8 Å². The van der Waals surface area contributed by atoms with Crippen LogP contribution < -0.4 is 0 Å². The monoisotopic (exact) mass is 192 g/mol. The van der Waals surface area contributed by atoms with Crippen LogP contribution in [0, 0.1) is 0 Å². The Kier molecular flexibility index (Phi) is 4.89. The van der Waals surface area contributed by atoms with Gasteiger partial charge in [0.05, 0.1) is 0 Å². The summed E-state index contributed by atoms with van der Waals surface area (Å²) in [6, 6.07) is -1.03. The minimum atomic E-state index is -1.03. The summed E-state index contributed by atoms with van der Waals surface area (Å²) in [6.45, 7) is 11.4. The van der Waals surface area contributed by atoms with Crippen molar-refractivity contribution in [3.63, 3.8) is 0 Å². The van der Waals surface area contributed by atoms with Crippen LogP contribution in [0.5, 0.6) is 0 Å². The Hall–Kier alpha value is 0.650. The lowest BCUT2D eigenvalue weighted by molar-refractivity contribution is 0.969. The molecule has 0 aromatic rings. The second kappa shape index (κ2) is 4.62. The van der Waals surface area contributed by atoms with Gasteiger partial charge in [-0.25, -0.2) is 0 Å². The molecule has 0 bridgehead atoms. The van der Waals surface area contributed by atoms with E-state index in [9.17, 15) is 0 Å². The van der Waals surface area contributed by atoms with E-state index in [0.29, 0.717) is 0 Å². The Bertz CT molecular complexity index is 138. The molecule has 0 amide bonds. The van der Waals surface area contributed by atoms with Gasteiger partial charge in [0.25, 0.3) is 0 Å². The van der Waals surface area contributed by atoms with Crippen molar-refractivity contribution in [3.05, 3.63) is 0 Å². The standard InChI is InChI=1S/C9H21PS/c1-6-7-10(11,8(2)3)9(4)5/h8-9H,6-7H2,1-5H3. The molecule has 0 spiro atoms. The molecule has 0 rings (SSSR count). The molecule has 0 saturated carbocycles. The molecule has 0 aromatic heterocycles. The highest BCUT2D eigenvalue weighted by molar-refractivity contribution is 8.15. The van der Waals surface area contributed by atoms with Crippen LogP contribution in [0.1, 0.15) is 41.0 Å². The first-order valence-electron chi connectivity index (χ1n) is 4.53. The van der Waals surface area contributed by atoms with Crippen molar-refractivity contribution >= 4 is 17.8 Å². The molecule has 0 aliphatic carbocycles. The second-order valence-corrected chi connectivity index (χ2v) is 10.0. The zero-order valence-corrected chi connectivity index (χ0v) is 10.1. The highest BCUT2D eigenvalue weighted by atomic mass is 32.4. The lowest BCUT2D eigenvalue weighted by Gasteiger charge is -2.29. The van der Waals surface area contributed by atoms with E-state index < -0.39 is 6.04 Å². The van der Waals surface area contributed by atoms with Gasteiger partial charge in [0.15, 0.2) is 0 Å². The van der Waals surface area contributed by atoms with Crippen LogP contribution >= 0.6 is 6.04 Å². The summed E-state index contributed by atoms with van der Waals surface area (Å²) in [4.78, 5) is 0. The van der Waals surface area contributed by atoms with Crippen LogP contribution in [0.4, 0.5) is 0 Å². The molecular formula is C9H21PS. The predicted molar refractivity (Wildman–Crippen MR) is 59.7 cm³/mol. The van der Waals surface area contributed by atoms with Gasteiger partial charge in [-0.05, 0) is 23.5 Å². The third-order valence-electron chi connectivity index (χ3n) is 2.32. The van der Waals surface area contributed by atoms with Crippen LogP contribution in [0.25, 0.3) is 0 Å². The third-order valence-corrected chi connectivity index (χ3v) is 10.0. The molecule has 68 valence electrons. The van der Waals surface area contributed by atoms with Gasteiger partial charge in [-0.15, -0.1) is 0 Å². The molecule has 0 heterocycles. The Labute approximate surface area is 76.8 Å². The summed E-state index contributed by atoms with van der Waals surface area (Å²) < 4.78 is 0. The van der Waals surface area contributed by atoms with E-state index in [0.717, 1.165) is 11.3 Å². The fraction of sp³-hybridized carbons (Fsp3) is 1.00. The summed E-state index contributed by atoms with van der Waals surface area (Å²) in [5.41, 5.74) is 1.47. The second-order valence-electron chi connectivity index (χ2n) is 3.77. The van der Waals surface area contributed by atoms with Crippen molar-refractivity contribution in [2.75, 3.05) is 6.16 Å². The first kappa shape index (κ1) is 11.6. The lowest BCUT2D eigenvalue weighted by Crippen LogP contribution is -2.10. The minimum absolute atomic E-state index is 0.734. The van der Waals surface area contributed by atoms with Crippen molar-refractivity contribution in [2.24, 2.45) is 0 Å². The molecule has 0 atom stereocenters. The van der Waals surface area contributed by atoms with E-state index in [2.05, 4.69) is 34.6 Å². The lowest BCUT2D eigenvalue weighted by atomic mass is 10.5. The zero-order chi connectivity index (χ0) is 9.07. The van der Waals surface area contributed by atoms with Crippen LogP contribution in [-0.2, 0) is 11.8 Å². The molecule has 0 N–H and O–H groups in total. The number of hydrogen-bond donors (Lipinski definition) is 0. The van der Waals surface area contributed by atoms with E-state index in [1.165, 1.54) is 12.6 Å². The van der Waals surface area contributed by atoms with Crippen molar-refractivity contribution < 1.29 is 0 Å². The normalized spacial score (nSPS) is 13.0. The maximum atomic E-state index is 5.76. The molecular weight excluding hydrogens is 171 g/mol. The molecule has 0 aliphatic rings. The third kappa shape index (κ3) is 2.87. The van der Waals surface area contributed by atoms with Crippen molar-refractivity contribution in [1.29, 1.82) is 0 Å². The first-order valence-corrected chi connectivity index (χ1v) is 7.66. The van der Waals surface area contributed by atoms with E-state index >= 15 is 0 Å². The summed E-state index contributed by atoms with van der Waals surface area (Å²) in [5, 5.41) is 0. The molecule has 0 nitrogen and oxygen atoms in total. The molecule has 0 aliphatic heterocycles. The van der Waals surface area contributed by atoms with Crippen molar-refractivity contribution in [1.82, 2.24) is 0 Å². The van der Waals surface area contributed by atoms with Gasteiger partial charge in [-0.2, -0.15) is 0 Å². The summed E-state index contributed by atoms with van der Waals surface area (Å²) >= 11 is 5.76. The average molecular weight is 192 g/mol. The summed E-state index contributed by atoms with van der Waals surface area (Å²) in [5.74, 6) is 0. The Morgan fingerprint density at radius 3 is 1.55 bits per heavy atom.